The lowest BCUT2D eigenvalue weighted by molar-refractivity contribution is 0.560. The summed E-state index contributed by atoms with van der Waals surface area (Å²) in [4.78, 5) is 0. The highest BCUT2D eigenvalue weighted by Crippen LogP contribution is 2.26. The first kappa shape index (κ1) is 13.7. The Hall–Kier alpha value is -0.690. The normalized spacial score (nSPS) is 12.4. The number of rotatable bonds is 3. The van der Waals surface area contributed by atoms with E-state index in [1.165, 1.54) is 6.07 Å². The zero-order valence-electron chi connectivity index (χ0n) is 9.33. The van der Waals surface area contributed by atoms with Crippen molar-refractivity contribution in [1.82, 2.24) is 5.43 Å². The average molecular weight is 377 g/mol. The molecule has 2 rings (SSSR count). The fourth-order valence-electron chi connectivity index (χ4n) is 1.79. The third-order valence-electron chi connectivity index (χ3n) is 2.62. The number of hydrogen-bond acceptors (Lipinski definition) is 2. The molecular weight excluding hydrogens is 366 g/mol. The van der Waals surface area contributed by atoms with E-state index in [1.807, 2.05) is 24.3 Å². The van der Waals surface area contributed by atoms with Gasteiger partial charge in [-0.05, 0) is 52.4 Å². The standard InChI is InChI=1S/C13H11ClFIN2/c14-9-4-5-11(12(15)7-9)13(18-17)8-2-1-3-10(16)6-8/h1-7,13,18H,17H2. The van der Waals surface area contributed by atoms with Gasteiger partial charge in [0.15, 0.2) is 0 Å². The van der Waals surface area contributed by atoms with E-state index in [4.69, 9.17) is 17.4 Å². The zero-order chi connectivity index (χ0) is 13.1. The smallest absolute Gasteiger partial charge is 0.129 e. The number of halogens is 3. The van der Waals surface area contributed by atoms with Crippen LogP contribution in [0.5, 0.6) is 0 Å². The monoisotopic (exact) mass is 376 g/mol. The van der Waals surface area contributed by atoms with Crippen LogP contribution in [0.1, 0.15) is 17.2 Å². The van der Waals surface area contributed by atoms with Gasteiger partial charge in [-0.1, -0.05) is 29.8 Å². The molecule has 0 bridgehead atoms. The molecule has 5 heteroatoms. The number of nitrogens with two attached hydrogens (primary N) is 1. The molecule has 0 aromatic heterocycles. The van der Waals surface area contributed by atoms with Gasteiger partial charge < -0.3 is 0 Å². The van der Waals surface area contributed by atoms with Crippen LogP contribution in [0.2, 0.25) is 5.02 Å². The molecule has 0 saturated carbocycles. The van der Waals surface area contributed by atoms with Crippen molar-refractivity contribution in [3.05, 3.63) is 68.0 Å². The molecule has 0 fully saturated rings. The van der Waals surface area contributed by atoms with Crippen molar-refractivity contribution in [2.24, 2.45) is 5.84 Å². The number of hydrazine groups is 1. The third kappa shape index (κ3) is 3.00. The van der Waals surface area contributed by atoms with Gasteiger partial charge in [0.1, 0.15) is 5.82 Å². The van der Waals surface area contributed by atoms with E-state index in [0.717, 1.165) is 9.13 Å². The predicted molar refractivity (Wildman–Crippen MR) is 79.7 cm³/mol. The molecule has 0 heterocycles. The molecule has 18 heavy (non-hydrogen) atoms. The van der Waals surface area contributed by atoms with Crippen LogP contribution >= 0.6 is 34.2 Å². The van der Waals surface area contributed by atoms with E-state index in [0.29, 0.717) is 10.6 Å². The summed E-state index contributed by atoms with van der Waals surface area (Å²) in [6.45, 7) is 0. The molecule has 2 aromatic rings. The second kappa shape index (κ2) is 5.97. The minimum Gasteiger partial charge on any atom is -0.271 e. The highest BCUT2D eigenvalue weighted by Gasteiger charge is 2.16. The predicted octanol–water partition coefficient (Wildman–Crippen LogP) is 3.64. The van der Waals surface area contributed by atoms with Gasteiger partial charge in [-0.25, -0.2) is 9.82 Å². The topological polar surface area (TPSA) is 38.0 Å². The highest BCUT2D eigenvalue weighted by atomic mass is 127. The van der Waals surface area contributed by atoms with Gasteiger partial charge in [0.25, 0.3) is 0 Å². The Morgan fingerprint density at radius 3 is 2.61 bits per heavy atom. The van der Waals surface area contributed by atoms with Gasteiger partial charge in [0.05, 0.1) is 6.04 Å². The number of nitrogens with one attached hydrogen (secondary N) is 1. The van der Waals surface area contributed by atoms with Gasteiger partial charge in [0, 0.05) is 14.2 Å². The SMILES string of the molecule is NNC(c1cccc(I)c1)c1ccc(Cl)cc1F. The summed E-state index contributed by atoms with van der Waals surface area (Å²) in [5.74, 6) is 5.17. The van der Waals surface area contributed by atoms with E-state index in [-0.39, 0.29) is 5.82 Å². The van der Waals surface area contributed by atoms with Crippen molar-refractivity contribution in [2.75, 3.05) is 0 Å². The fraction of sp³-hybridized carbons (Fsp3) is 0.0769. The van der Waals surface area contributed by atoms with Crippen molar-refractivity contribution < 1.29 is 4.39 Å². The van der Waals surface area contributed by atoms with Gasteiger partial charge in [-0.15, -0.1) is 0 Å². The maximum absolute atomic E-state index is 13.9. The van der Waals surface area contributed by atoms with Crippen LogP contribution < -0.4 is 11.3 Å². The van der Waals surface area contributed by atoms with Crippen LogP contribution in [0.4, 0.5) is 4.39 Å². The molecule has 0 radical (unpaired) electrons. The van der Waals surface area contributed by atoms with Crippen LogP contribution in [0.15, 0.2) is 42.5 Å². The van der Waals surface area contributed by atoms with Crippen molar-refractivity contribution in [3.8, 4) is 0 Å². The quantitative estimate of drug-likeness (QED) is 0.488. The van der Waals surface area contributed by atoms with Gasteiger partial charge >= 0.3 is 0 Å². The van der Waals surface area contributed by atoms with Crippen molar-refractivity contribution in [2.45, 2.75) is 6.04 Å². The molecule has 1 unspecified atom stereocenters. The average Bonchev–Trinajstić information content (AvgIpc) is 2.33. The summed E-state index contributed by atoms with van der Waals surface area (Å²) in [6, 6.07) is 11.9. The Bertz CT molecular complexity index is 562. The lowest BCUT2D eigenvalue weighted by atomic mass is 9.99. The Kier molecular flexibility index (Phi) is 4.55. The summed E-state index contributed by atoms with van der Waals surface area (Å²) in [7, 11) is 0. The van der Waals surface area contributed by atoms with E-state index in [9.17, 15) is 4.39 Å². The van der Waals surface area contributed by atoms with Crippen LogP contribution in [0, 0.1) is 9.39 Å². The first-order valence-electron chi connectivity index (χ1n) is 5.28. The molecule has 94 valence electrons. The van der Waals surface area contributed by atoms with Crippen molar-refractivity contribution in [3.63, 3.8) is 0 Å². The van der Waals surface area contributed by atoms with Gasteiger partial charge in [0.2, 0.25) is 0 Å². The minimum atomic E-state index is -0.392. The molecule has 0 amide bonds. The minimum absolute atomic E-state index is 0.370. The van der Waals surface area contributed by atoms with Crippen LogP contribution in [0.3, 0.4) is 0 Å². The van der Waals surface area contributed by atoms with Gasteiger partial charge in [-0.2, -0.15) is 0 Å². The second-order valence-corrected chi connectivity index (χ2v) is 5.50. The molecule has 0 aliphatic rings. The highest BCUT2D eigenvalue weighted by molar-refractivity contribution is 14.1. The lowest BCUT2D eigenvalue weighted by Gasteiger charge is -2.18. The van der Waals surface area contributed by atoms with E-state index < -0.39 is 6.04 Å². The van der Waals surface area contributed by atoms with Crippen molar-refractivity contribution >= 4 is 34.2 Å². The summed E-state index contributed by atoms with van der Waals surface area (Å²) >= 11 is 7.95. The van der Waals surface area contributed by atoms with E-state index in [1.54, 1.807) is 12.1 Å². The van der Waals surface area contributed by atoms with Gasteiger partial charge in [-0.3, -0.25) is 5.84 Å². The molecule has 1 atom stereocenters. The molecule has 0 aliphatic heterocycles. The molecular formula is C13H11ClFIN2. The Balaban J connectivity index is 2.45. The zero-order valence-corrected chi connectivity index (χ0v) is 12.2. The maximum atomic E-state index is 13.9. The molecule has 0 aliphatic carbocycles. The lowest BCUT2D eigenvalue weighted by Crippen LogP contribution is -2.29. The Morgan fingerprint density at radius 1 is 1.22 bits per heavy atom. The third-order valence-corrected chi connectivity index (χ3v) is 3.53. The van der Waals surface area contributed by atoms with E-state index >= 15 is 0 Å². The Labute approximate surface area is 123 Å². The largest absolute Gasteiger partial charge is 0.271 e. The van der Waals surface area contributed by atoms with Crippen LogP contribution in [-0.4, -0.2) is 0 Å². The van der Waals surface area contributed by atoms with Crippen LogP contribution in [-0.2, 0) is 0 Å². The summed E-state index contributed by atoms with van der Waals surface area (Å²) < 4.78 is 15.0. The summed E-state index contributed by atoms with van der Waals surface area (Å²) in [6.07, 6.45) is 0. The number of hydrogen-bond donors (Lipinski definition) is 2. The molecule has 3 N–H and O–H groups in total. The number of benzene rings is 2. The molecule has 0 saturated heterocycles. The maximum Gasteiger partial charge on any atom is 0.129 e. The van der Waals surface area contributed by atoms with Crippen LogP contribution in [0.25, 0.3) is 0 Å². The summed E-state index contributed by atoms with van der Waals surface area (Å²) in [5, 5.41) is 0.370. The molecule has 2 aromatic carbocycles. The molecule has 0 spiro atoms. The van der Waals surface area contributed by atoms with Crippen molar-refractivity contribution in [1.29, 1.82) is 0 Å². The first-order chi connectivity index (χ1) is 8.61. The second-order valence-electron chi connectivity index (χ2n) is 3.82. The van der Waals surface area contributed by atoms with E-state index in [2.05, 4.69) is 28.0 Å². The first-order valence-corrected chi connectivity index (χ1v) is 6.74. The molecule has 2 nitrogen and oxygen atoms in total. The fourth-order valence-corrected chi connectivity index (χ4v) is 2.51. The summed E-state index contributed by atoms with van der Waals surface area (Å²) in [5.41, 5.74) is 4.02. The Morgan fingerprint density at radius 2 is 2.00 bits per heavy atom.